The highest BCUT2D eigenvalue weighted by molar-refractivity contribution is 5.60. The predicted molar refractivity (Wildman–Crippen MR) is 76.7 cm³/mol. The number of rotatable bonds is 2. The summed E-state index contributed by atoms with van der Waals surface area (Å²) in [7, 11) is 0. The highest BCUT2D eigenvalue weighted by atomic mass is 14.9. The number of fused-ring (bicyclic) bond motifs is 1. The van der Waals surface area contributed by atoms with Crippen LogP contribution in [0, 0.1) is 0 Å². The zero-order valence-corrected chi connectivity index (χ0v) is 11.5. The van der Waals surface area contributed by atoms with Crippen molar-refractivity contribution >= 4 is 0 Å². The first-order chi connectivity index (χ1) is 9.04. The molecule has 3 rings (SSSR count). The van der Waals surface area contributed by atoms with Crippen LogP contribution in [0.1, 0.15) is 37.1 Å². The number of hydrogen-bond donors (Lipinski definition) is 1. The van der Waals surface area contributed by atoms with Crippen molar-refractivity contribution in [1.29, 1.82) is 0 Å². The molecule has 2 aromatic rings. The SMILES string of the molecule is CC(C)(N)c1cnc(-c2ccc3c(c2)CCC3)cn1. The molecule has 98 valence electrons. The van der Waals surface area contributed by atoms with Crippen LogP contribution >= 0.6 is 0 Å². The van der Waals surface area contributed by atoms with Gasteiger partial charge in [0, 0.05) is 5.56 Å². The Balaban J connectivity index is 1.94. The largest absolute Gasteiger partial charge is 0.321 e. The fourth-order valence-electron chi connectivity index (χ4n) is 2.54. The monoisotopic (exact) mass is 253 g/mol. The molecule has 19 heavy (non-hydrogen) atoms. The van der Waals surface area contributed by atoms with Crippen molar-refractivity contribution in [3.63, 3.8) is 0 Å². The third-order valence-electron chi connectivity index (χ3n) is 3.71. The van der Waals surface area contributed by atoms with Crippen molar-refractivity contribution in [3.8, 4) is 11.3 Å². The minimum absolute atomic E-state index is 0.441. The smallest absolute Gasteiger partial charge is 0.0885 e. The summed E-state index contributed by atoms with van der Waals surface area (Å²) in [4.78, 5) is 8.93. The summed E-state index contributed by atoms with van der Waals surface area (Å²) < 4.78 is 0. The lowest BCUT2D eigenvalue weighted by atomic mass is 10.0. The van der Waals surface area contributed by atoms with Gasteiger partial charge in [0.15, 0.2) is 0 Å². The molecule has 0 unspecified atom stereocenters. The Morgan fingerprint density at radius 2 is 1.84 bits per heavy atom. The van der Waals surface area contributed by atoms with Crippen LogP contribution in [0.5, 0.6) is 0 Å². The van der Waals surface area contributed by atoms with E-state index in [1.807, 2.05) is 20.0 Å². The third kappa shape index (κ3) is 2.38. The molecule has 3 nitrogen and oxygen atoms in total. The van der Waals surface area contributed by atoms with E-state index in [0.29, 0.717) is 0 Å². The molecular weight excluding hydrogens is 234 g/mol. The van der Waals surface area contributed by atoms with Crippen molar-refractivity contribution in [1.82, 2.24) is 9.97 Å². The van der Waals surface area contributed by atoms with Gasteiger partial charge in [-0.3, -0.25) is 9.97 Å². The molecule has 1 aliphatic carbocycles. The van der Waals surface area contributed by atoms with Crippen LogP contribution in [0.25, 0.3) is 11.3 Å². The average molecular weight is 253 g/mol. The fraction of sp³-hybridized carbons (Fsp3) is 0.375. The molecule has 1 aromatic heterocycles. The van der Waals surface area contributed by atoms with E-state index in [9.17, 15) is 0 Å². The third-order valence-corrected chi connectivity index (χ3v) is 3.71. The molecule has 0 fully saturated rings. The zero-order valence-electron chi connectivity index (χ0n) is 11.5. The summed E-state index contributed by atoms with van der Waals surface area (Å²) in [5.74, 6) is 0. The summed E-state index contributed by atoms with van der Waals surface area (Å²) in [6.07, 6.45) is 7.26. The van der Waals surface area contributed by atoms with Gasteiger partial charge in [0.05, 0.1) is 29.3 Å². The van der Waals surface area contributed by atoms with Gasteiger partial charge >= 0.3 is 0 Å². The first-order valence-corrected chi connectivity index (χ1v) is 6.77. The summed E-state index contributed by atoms with van der Waals surface area (Å²) in [5.41, 5.74) is 11.4. The minimum Gasteiger partial charge on any atom is -0.321 e. The van der Waals surface area contributed by atoms with Gasteiger partial charge < -0.3 is 5.73 Å². The van der Waals surface area contributed by atoms with Crippen molar-refractivity contribution < 1.29 is 0 Å². The Morgan fingerprint density at radius 1 is 1.05 bits per heavy atom. The second-order valence-electron chi connectivity index (χ2n) is 5.85. The highest BCUT2D eigenvalue weighted by Crippen LogP contribution is 2.27. The zero-order chi connectivity index (χ0) is 13.5. The molecule has 2 N–H and O–H groups in total. The summed E-state index contributed by atoms with van der Waals surface area (Å²) in [6, 6.07) is 6.61. The van der Waals surface area contributed by atoms with Gasteiger partial charge in [-0.15, -0.1) is 0 Å². The summed E-state index contributed by atoms with van der Waals surface area (Å²) in [5, 5.41) is 0. The van der Waals surface area contributed by atoms with Crippen LogP contribution in [0.2, 0.25) is 0 Å². The molecule has 0 bridgehead atoms. The van der Waals surface area contributed by atoms with Crippen LogP contribution < -0.4 is 5.73 Å². The Bertz CT molecular complexity index is 594. The molecule has 0 atom stereocenters. The number of nitrogens with two attached hydrogens (primary N) is 1. The topological polar surface area (TPSA) is 51.8 Å². The summed E-state index contributed by atoms with van der Waals surface area (Å²) in [6.45, 7) is 3.87. The number of nitrogens with zero attached hydrogens (tertiary/aromatic N) is 2. The number of aromatic nitrogens is 2. The molecule has 0 amide bonds. The normalized spacial score (nSPS) is 14.5. The first kappa shape index (κ1) is 12.3. The molecule has 0 aliphatic heterocycles. The Kier molecular flexibility index (Phi) is 2.86. The van der Waals surface area contributed by atoms with E-state index in [1.165, 1.54) is 30.4 Å². The van der Waals surface area contributed by atoms with Gasteiger partial charge in [0.25, 0.3) is 0 Å². The Hall–Kier alpha value is -1.74. The van der Waals surface area contributed by atoms with Crippen LogP contribution in [0.3, 0.4) is 0 Å². The molecule has 0 radical (unpaired) electrons. The fourth-order valence-corrected chi connectivity index (χ4v) is 2.54. The molecule has 1 aliphatic rings. The van der Waals surface area contributed by atoms with E-state index >= 15 is 0 Å². The van der Waals surface area contributed by atoms with Gasteiger partial charge in [-0.25, -0.2) is 0 Å². The molecular formula is C16H19N3. The van der Waals surface area contributed by atoms with E-state index in [4.69, 9.17) is 5.73 Å². The molecule has 1 heterocycles. The quantitative estimate of drug-likeness (QED) is 0.895. The van der Waals surface area contributed by atoms with E-state index in [0.717, 1.165) is 17.0 Å². The van der Waals surface area contributed by atoms with Crippen molar-refractivity contribution in [2.75, 3.05) is 0 Å². The molecule has 0 spiro atoms. The lowest BCUT2D eigenvalue weighted by Gasteiger charge is -2.17. The maximum Gasteiger partial charge on any atom is 0.0885 e. The van der Waals surface area contributed by atoms with Crippen LogP contribution in [-0.4, -0.2) is 9.97 Å². The second-order valence-corrected chi connectivity index (χ2v) is 5.85. The van der Waals surface area contributed by atoms with Crippen LogP contribution in [0.4, 0.5) is 0 Å². The first-order valence-electron chi connectivity index (χ1n) is 6.77. The molecule has 0 saturated carbocycles. The molecule has 0 saturated heterocycles. The number of benzene rings is 1. The van der Waals surface area contributed by atoms with Crippen molar-refractivity contribution in [2.24, 2.45) is 5.73 Å². The van der Waals surface area contributed by atoms with Gasteiger partial charge in [0.2, 0.25) is 0 Å². The number of aryl methyl sites for hydroxylation is 2. The standard InChI is InChI=1S/C16H19N3/c1-16(2,17)15-10-18-14(9-19-15)13-7-6-11-4-3-5-12(11)8-13/h6-10H,3-5,17H2,1-2H3. The Labute approximate surface area is 113 Å². The van der Waals surface area contributed by atoms with Gasteiger partial charge in [0.1, 0.15) is 0 Å². The maximum absolute atomic E-state index is 6.02. The van der Waals surface area contributed by atoms with Gasteiger partial charge in [-0.05, 0) is 50.3 Å². The van der Waals surface area contributed by atoms with E-state index in [1.54, 1.807) is 6.20 Å². The molecule has 1 aromatic carbocycles. The molecule has 3 heteroatoms. The van der Waals surface area contributed by atoms with Crippen LogP contribution in [0.15, 0.2) is 30.6 Å². The van der Waals surface area contributed by atoms with E-state index in [-0.39, 0.29) is 0 Å². The predicted octanol–water partition coefficient (Wildman–Crippen LogP) is 2.83. The van der Waals surface area contributed by atoms with Gasteiger partial charge in [-0.1, -0.05) is 12.1 Å². The van der Waals surface area contributed by atoms with Gasteiger partial charge in [-0.2, -0.15) is 0 Å². The van der Waals surface area contributed by atoms with E-state index < -0.39 is 5.54 Å². The van der Waals surface area contributed by atoms with Crippen LogP contribution in [-0.2, 0) is 18.4 Å². The van der Waals surface area contributed by atoms with E-state index in [2.05, 4.69) is 28.2 Å². The number of hydrogen-bond acceptors (Lipinski definition) is 3. The van der Waals surface area contributed by atoms with Crippen molar-refractivity contribution in [3.05, 3.63) is 47.4 Å². The highest BCUT2D eigenvalue weighted by Gasteiger charge is 2.17. The maximum atomic E-state index is 6.02. The van der Waals surface area contributed by atoms with Crippen molar-refractivity contribution in [2.45, 2.75) is 38.6 Å². The lowest BCUT2D eigenvalue weighted by Crippen LogP contribution is -2.29. The average Bonchev–Trinajstić information content (AvgIpc) is 2.85. The Morgan fingerprint density at radius 3 is 2.53 bits per heavy atom. The lowest BCUT2D eigenvalue weighted by molar-refractivity contribution is 0.532. The minimum atomic E-state index is -0.441. The summed E-state index contributed by atoms with van der Waals surface area (Å²) >= 11 is 0. The second kappa shape index (κ2) is 4.42.